The Morgan fingerprint density at radius 2 is 1.36 bits per heavy atom. The number of nitrogens with zero attached hydrogens (tertiary/aromatic N) is 7. The fraction of sp³-hybridized carbons (Fsp3) is 0.230. The van der Waals surface area contributed by atoms with Crippen LogP contribution in [0.25, 0.3) is 0 Å². The Morgan fingerprint density at radius 1 is 0.723 bits per heavy atom. The predicted molar refractivity (Wildman–Crippen MR) is 305 cm³/mol. The second-order valence-corrected chi connectivity index (χ2v) is 20.2. The maximum Gasteiger partial charge on any atom is 0.216 e. The van der Waals surface area contributed by atoms with E-state index in [0.29, 0.717) is 51.2 Å². The molecule has 0 radical (unpaired) electrons. The monoisotopic (exact) mass is 1130 g/mol. The summed E-state index contributed by atoms with van der Waals surface area (Å²) in [6.07, 6.45) is 5.39. The number of carbonyl (C=O) groups is 3. The van der Waals surface area contributed by atoms with Gasteiger partial charge < -0.3 is 30.7 Å². The number of ketones is 3. The van der Waals surface area contributed by atoms with Crippen LogP contribution in [0.2, 0.25) is 0 Å². The van der Waals surface area contributed by atoms with Crippen LogP contribution in [-0.2, 0) is 15.9 Å². The molecule has 4 aliphatic heterocycles. The van der Waals surface area contributed by atoms with E-state index in [1.807, 2.05) is 6.07 Å². The highest BCUT2D eigenvalue weighted by Crippen LogP contribution is 2.44. The quantitative estimate of drug-likeness (QED) is 0.0162. The summed E-state index contributed by atoms with van der Waals surface area (Å²) in [6, 6.07) is 32.6. The smallest absolute Gasteiger partial charge is 0.216 e. The van der Waals surface area contributed by atoms with Crippen LogP contribution in [0.15, 0.2) is 174 Å². The van der Waals surface area contributed by atoms with Crippen LogP contribution in [0.1, 0.15) is 48.6 Å². The topological polar surface area (TPSA) is 209 Å². The predicted octanol–water partition coefficient (Wildman–Crippen LogP) is 7.90. The largest absolute Gasteiger partial charge is 0.492 e. The molecular weight excluding hydrogens is 1070 g/mol. The number of halogens is 4. The van der Waals surface area contributed by atoms with Gasteiger partial charge in [-0.15, -0.1) is 5.01 Å². The molecule has 83 heavy (non-hydrogen) atoms. The van der Waals surface area contributed by atoms with Crippen LogP contribution in [-0.4, -0.2) is 121 Å². The first-order valence-corrected chi connectivity index (χ1v) is 27.0. The molecule has 0 spiro atoms. The van der Waals surface area contributed by atoms with Gasteiger partial charge in [0.05, 0.1) is 49.4 Å². The van der Waals surface area contributed by atoms with E-state index >= 15 is 22.8 Å². The zero-order valence-corrected chi connectivity index (χ0v) is 45.0. The minimum atomic E-state index is -2.25. The molecule has 22 heteroatoms. The zero-order valence-electron chi connectivity index (χ0n) is 45.0. The SMILES string of the molecule is Nc1cccc(C(=O)C2=CNN(c3ccc(F)cc3)C2(N)NC2=N[N+](c3ccc(F)cc3)(N(c3ccc(F)cc3F)c3[nH]ncc3C(=O)c3cccc(CCCN4CCOCC4)c3)C=C2C(=O)c2cccc(OCCN3CCOCC3)c2)c1. The van der Waals surface area contributed by atoms with E-state index in [1.165, 1.54) is 77.1 Å². The Balaban J connectivity index is 1.08. The maximum atomic E-state index is 17.2. The Labute approximate surface area is 475 Å². The number of rotatable bonds is 20. The van der Waals surface area contributed by atoms with Gasteiger partial charge in [-0.1, -0.05) is 42.5 Å². The molecule has 18 nitrogen and oxygen atoms in total. The Bertz CT molecular complexity index is 3640. The molecule has 11 rings (SSSR count). The van der Waals surface area contributed by atoms with E-state index < -0.39 is 56.8 Å². The van der Waals surface area contributed by atoms with E-state index in [0.717, 1.165) is 69.0 Å². The first-order valence-electron chi connectivity index (χ1n) is 27.0. The molecule has 0 saturated carbocycles. The Kier molecular flexibility index (Phi) is 16.3. The first kappa shape index (κ1) is 55.9. The van der Waals surface area contributed by atoms with Gasteiger partial charge in [-0.2, -0.15) is 5.10 Å². The minimum Gasteiger partial charge on any atom is -0.492 e. The number of nitrogens with one attached hydrogen (secondary N) is 3. The van der Waals surface area contributed by atoms with E-state index in [1.54, 1.807) is 54.6 Å². The molecule has 6 aromatic carbocycles. The van der Waals surface area contributed by atoms with Gasteiger partial charge in [0.1, 0.15) is 41.1 Å². The number of hydrogen-bond acceptors (Lipinski definition) is 16. The molecule has 7 N–H and O–H groups in total. The molecular formula is C61H59F4N12O6+. The number of amidine groups is 1. The maximum absolute atomic E-state index is 17.2. The lowest BCUT2D eigenvalue weighted by Gasteiger charge is -2.39. The summed E-state index contributed by atoms with van der Waals surface area (Å²) in [5.74, 6) is -7.66. The molecule has 2 saturated heterocycles. The second-order valence-electron chi connectivity index (χ2n) is 20.2. The molecule has 5 heterocycles. The van der Waals surface area contributed by atoms with Crippen molar-refractivity contribution in [3.8, 4) is 5.75 Å². The van der Waals surface area contributed by atoms with E-state index in [9.17, 15) is 9.18 Å². The fourth-order valence-corrected chi connectivity index (χ4v) is 10.5. The van der Waals surface area contributed by atoms with Gasteiger partial charge in [-0.05, 0) is 114 Å². The van der Waals surface area contributed by atoms with Crippen LogP contribution in [0.4, 0.5) is 46.1 Å². The highest BCUT2D eigenvalue weighted by atomic mass is 19.1. The molecule has 1 aromatic heterocycles. The van der Waals surface area contributed by atoms with Crippen molar-refractivity contribution < 1.29 is 46.2 Å². The summed E-state index contributed by atoms with van der Waals surface area (Å²) in [5.41, 5.74) is 17.7. The summed E-state index contributed by atoms with van der Waals surface area (Å²) in [5, 5.41) is 18.2. The normalized spacial score (nSPS) is 19.1. The molecule has 2 fully saturated rings. The van der Waals surface area contributed by atoms with E-state index in [2.05, 4.69) is 30.7 Å². The molecule has 426 valence electrons. The van der Waals surface area contributed by atoms with Crippen molar-refractivity contribution in [3.63, 3.8) is 0 Å². The zero-order chi connectivity index (χ0) is 57.7. The number of morpholine rings is 2. The number of benzene rings is 6. The number of quaternary nitrogens is 1. The molecule has 0 bridgehead atoms. The van der Waals surface area contributed by atoms with Crippen molar-refractivity contribution >= 4 is 51.8 Å². The summed E-state index contributed by atoms with van der Waals surface area (Å²) < 4.78 is 78.4. The van der Waals surface area contributed by atoms with Gasteiger partial charge >= 0.3 is 0 Å². The van der Waals surface area contributed by atoms with Crippen molar-refractivity contribution in [2.24, 2.45) is 10.8 Å². The highest BCUT2D eigenvalue weighted by molar-refractivity contribution is 6.29. The number of H-pyrrole nitrogens is 1. The molecule has 7 aromatic rings. The lowest BCUT2D eigenvalue weighted by Crippen LogP contribution is -2.69. The lowest BCUT2D eigenvalue weighted by atomic mass is 9.97. The molecule has 4 aliphatic rings. The van der Waals surface area contributed by atoms with Crippen molar-refractivity contribution in [2.45, 2.75) is 18.6 Å². The summed E-state index contributed by atoms with van der Waals surface area (Å²) in [4.78, 5) is 50.3. The van der Waals surface area contributed by atoms with Crippen LogP contribution >= 0.6 is 0 Å². The van der Waals surface area contributed by atoms with Gasteiger partial charge in [0, 0.05) is 79.5 Å². The van der Waals surface area contributed by atoms with Crippen molar-refractivity contribution in [1.82, 2.24) is 35.4 Å². The Morgan fingerprint density at radius 3 is 2.06 bits per heavy atom. The Hall–Kier alpha value is -9.03. The molecule has 0 aliphatic carbocycles. The van der Waals surface area contributed by atoms with Gasteiger partial charge in [0.25, 0.3) is 0 Å². The lowest BCUT2D eigenvalue weighted by molar-refractivity contribution is 0.0322. The fourth-order valence-electron chi connectivity index (χ4n) is 10.5. The number of ether oxygens (including phenoxy) is 3. The number of nitrogens with two attached hydrogens (primary N) is 2. The van der Waals surface area contributed by atoms with Crippen molar-refractivity contribution in [3.05, 3.63) is 220 Å². The number of carbonyl (C=O) groups excluding carboxylic acids is 3. The highest BCUT2D eigenvalue weighted by Gasteiger charge is 2.53. The number of aryl methyl sites for hydroxylation is 1. The third-order valence-corrected chi connectivity index (χ3v) is 14.8. The van der Waals surface area contributed by atoms with Crippen LogP contribution < -0.4 is 41.7 Å². The summed E-state index contributed by atoms with van der Waals surface area (Å²) >= 11 is 0. The van der Waals surface area contributed by atoms with Crippen molar-refractivity contribution in [2.75, 3.05) is 88.1 Å². The molecule has 2 unspecified atom stereocenters. The third kappa shape index (κ3) is 11.9. The number of anilines is 4. The van der Waals surface area contributed by atoms with Crippen LogP contribution in [0.3, 0.4) is 0 Å². The molecule has 2 atom stereocenters. The average Bonchev–Trinajstić information content (AvgIpc) is 4.15. The number of aromatic amines is 1. The van der Waals surface area contributed by atoms with Gasteiger partial charge in [0.2, 0.25) is 17.4 Å². The van der Waals surface area contributed by atoms with Gasteiger partial charge in [-0.3, -0.25) is 35.0 Å². The van der Waals surface area contributed by atoms with E-state index in [4.69, 9.17) is 30.8 Å². The summed E-state index contributed by atoms with van der Waals surface area (Å²) in [7, 11) is 0. The van der Waals surface area contributed by atoms with Crippen LogP contribution in [0, 0.1) is 23.3 Å². The number of aromatic nitrogens is 2. The van der Waals surface area contributed by atoms with E-state index in [-0.39, 0.29) is 68.7 Å². The molecule has 0 amide bonds. The number of nitrogen functional groups attached to an aromatic ring is 1. The van der Waals surface area contributed by atoms with Gasteiger partial charge in [0.15, 0.2) is 35.1 Å². The second kappa shape index (κ2) is 24.2. The average molecular weight is 1130 g/mol. The standard InChI is InChI=1S/C61H58F4N12O6/c62-44-12-17-48(18-13-44)76-61(67,53(38-69-76)58(80)42-8-2-10-47(66)34-42)70-59-52(57(79)43-9-3-11-50(35-43)83-32-27-74-25-30-82-31-26-74)39-77(72-59,49-19-14-45(63)15-20-49)75(55-21-16-46(64)36-54(55)65)60-51(37-68-71-60)56(78)41-7-1-5-40(33-41)6-4-22-73-23-28-81-29-24-73/h1-3,5,7-21,33-39H,4,6,22-32,66-67H2,(H2-,68,69,70,71,72,78,80)/p+1. The minimum absolute atomic E-state index is 0.0327. The first-order chi connectivity index (χ1) is 40.3. The van der Waals surface area contributed by atoms with Crippen LogP contribution in [0.5, 0.6) is 5.75 Å². The number of hydrazine groups is 1. The summed E-state index contributed by atoms with van der Waals surface area (Å²) in [6.45, 7) is 7.33. The van der Waals surface area contributed by atoms with Gasteiger partial charge in [-0.25, -0.2) is 22.6 Å². The third-order valence-electron chi connectivity index (χ3n) is 14.8. The number of Topliss-reactive ketones (excluding diaryl/α,β-unsaturated/α-hetero) is 2. The van der Waals surface area contributed by atoms with Crippen molar-refractivity contribution in [1.29, 1.82) is 0 Å². The number of hydrogen-bond donors (Lipinski definition) is 5.